The van der Waals surface area contributed by atoms with E-state index in [-0.39, 0.29) is 47.0 Å². The van der Waals surface area contributed by atoms with Gasteiger partial charge in [0.1, 0.15) is 42.7 Å². The zero-order chi connectivity index (χ0) is 41.2. The molecule has 7 aliphatic rings. The molecule has 3 aliphatic heterocycles. The van der Waals surface area contributed by atoms with E-state index < -0.39 is 108 Å². The summed E-state index contributed by atoms with van der Waals surface area (Å²) in [7, 11) is 0. The normalized spacial score (nSPS) is 57.3. The number of ether oxygens (including phenoxy) is 5. The topological polar surface area (TPSA) is 228 Å². The number of aliphatic hydroxyl groups is 9. The van der Waals surface area contributed by atoms with Gasteiger partial charge in [-0.1, -0.05) is 34.6 Å². The Balaban J connectivity index is 1.24. The van der Waals surface area contributed by atoms with Gasteiger partial charge in [0.2, 0.25) is 0 Å². The molecule has 14 nitrogen and oxygen atoms in total. The van der Waals surface area contributed by atoms with Gasteiger partial charge in [0.25, 0.3) is 0 Å². The van der Waals surface area contributed by atoms with Crippen LogP contribution in [0.4, 0.5) is 0 Å². The highest BCUT2D eigenvalue weighted by Gasteiger charge is 2.71. The zero-order valence-corrected chi connectivity index (χ0v) is 34.8. The summed E-state index contributed by atoms with van der Waals surface area (Å²) in [5.41, 5.74) is -2.89. The summed E-state index contributed by atoms with van der Waals surface area (Å²) >= 11 is 0. The summed E-state index contributed by atoms with van der Waals surface area (Å²) in [6, 6.07) is 0. The minimum absolute atomic E-state index is 0.0410. The van der Waals surface area contributed by atoms with E-state index in [1.54, 1.807) is 13.8 Å². The Morgan fingerprint density at radius 2 is 1.38 bits per heavy atom. The van der Waals surface area contributed by atoms with Crippen LogP contribution in [0.2, 0.25) is 0 Å². The van der Waals surface area contributed by atoms with Gasteiger partial charge in [0.05, 0.1) is 48.3 Å². The van der Waals surface area contributed by atoms with Crippen LogP contribution in [-0.2, 0) is 23.7 Å². The lowest BCUT2D eigenvalue weighted by Gasteiger charge is -2.69. The van der Waals surface area contributed by atoms with Gasteiger partial charge in [0.15, 0.2) is 12.6 Å². The standard InChI is InChI=1S/C42H72O14/c1-18-16-41(8)21-14-23(44)27-20(42(9)13-11-26(56-42)39(5,6)51)10-12-40(27,7)22(21)15-24(34(41)38(3,4)35(18)50)53-37-33(31(48)29(46)25(17-43)54-37)55-36-32(49)30(47)28(45)19(2)52-36/h18-37,43-51H,10-17H2,1-9H3/t18?,19-,20-,21?,22?,23?,24-,25+,26+,27?,28-,29+,30+,31-,32+,33+,34?,35?,36-,37+,40+,41+,42-/m0/s1. The highest BCUT2D eigenvalue weighted by molar-refractivity contribution is 5.19. The molecule has 23 atom stereocenters. The molecule has 9 N–H and O–H groups in total. The third-order valence-electron chi connectivity index (χ3n) is 16.8. The fourth-order valence-electron chi connectivity index (χ4n) is 14.2. The van der Waals surface area contributed by atoms with Crippen molar-refractivity contribution in [2.24, 2.45) is 51.8 Å². The summed E-state index contributed by atoms with van der Waals surface area (Å²) in [5, 5.41) is 99.6. The Hall–Kier alpha value is -0.560. The van der Waals surface area contributed by atoms with E-state index in [4.69, 9.17) is 23.7 Å². The average Bonchev–Trinajstić information content (AvgIpc) is 3.71. The highest BCUT2D eigenvalue weighted by Crippen LogP contribution is 2.72. The van der Waals surface area contributed by atoms with Gasteiger partial charge >= 0.3 is 0 Å². The number of rotatable bonds is 7. The first-order valence-electron chi connectivity index (χ1n) is 21.3. The Labute approximate surface area is 331 Å². The van der Waals surface area contributed by atoms with E-state index in [0.717, 1.165) is 25.7 Å². The van der Waals surface area contributed by atoms with Crippen molar-refractivity contribution < 1.29 is 69.6 Å². The molecule has 7 unspecified atom stereocenters. The average molecular weight is 801 g/mol. The number of hydrogen-bond donors (Lipinski definition) is 9. The molecule has 3 heterocycles. The van der Waals surface area contributed by atoms with Crippen molar-refractivity contribution in [2.45, 2.75) is 204 Å². The monoisotopic (exact) mass is 800 g/mol. The number of fused-ring (bicyclic) bond motifs is 5. The van der Waals surface area contributed by atoms with Gasteiger partial charge in [-0.05, 0) is 124 Å². The lowest BCUT2D eigenvalue weighted by Crippen LogP contribution is -2.69. The molecular formula is C42H72O14. The van der Waals surface area contributed by atoms with Crippen LogP contribution in [0.25, 0.3) is 0 Å². The van der Waals surface area contributed by atoms with E-state index in [0.29, 0.717) is 19.3 Å². The Morgan fingerprint density at radius 1 is 0.714 bits per heavy atom. The molecule has 0 bridgehead atoms. The first-order valence-corrected chi connectivity index (χ1v) is 21.3. The second-order valence-electron chi connectivity index (χ2n) is 21.1. The summed E-state index contributed by atoms with van der Waals surface area (Å²) in [6.07, 6.45) is -11.4. The predicted octanol–water partition coefficient (Wildman–Crippen LogP) is 1.21. The fourth-order valence-corrected chi connectivity index (χ4v) is 14.2. The predicted molar refractivity (Wildman–Crippen MR) is 200 cm³/mol. The summed E-state index contributed by atoms with van der Waals surface area (Å²) in [4.78, 5) is 0. The van der Waals surface area contributed by atoms with Crippen LogP contribution < -0.4 is 0 Å². The van der Waals surface area contributed by atoms with Crippen molar-refractivity contribution in [3.8, 4) is 0 Å². The van der Waals surface area contributed by atoms with E-state index in [1.165, 1.54) is 6.92 Å². The molecule has 7 rings (SSSR count). The van der Waals surface area contributed by atoms with Crippen molar-refractivity contribution in [1.82, 2.24) is 0 Å². The van der Waals surface area contributed by atoms with Gasteiger partial charge in [-0.2, -0.15) is 0 Å². The molecule has 0 radical (unpaired) electrons. The molecule has 324 valence electrons. The van der Waals surface area contributed by atoms with Crippen molar-refractivity contribution in [2.75, 3.05) is 6.61 Å². The maximum atomic E-state index is 12.3. The maximum absolute atomic E-state index is 12.3. The fraction of sp³-hybridized carbons (Fsp3) is 1.00. The number of hydrogen-bond acceptors (Lipinski definition) is 14. The third kappa shape index (κ3) is 6.76. The van der Waals surface area contributed by atoms with E-state index in [2.05, 4.69) is 41.5 Å². The van der Waals surface area contributed by atoms with Gasteiger partial charge in [-0.15, -0.1) is 0 Å². The SMILES string of the molecule is CC1C[C@]2(C)C3CC(O)C4[C@@H]([C@]5(C)CC[C@H](C(C)(C)O)O5)CC[C@]4(C)C3C[C@H](O[C@@H]3O[C@H](CO)[C@@H](O)[C@H](O)[C@H]3O[C@@H]3O[C@@H](C)[C@H](O)[C@@H](O)[C@H]3O)C2C(C)(C)C1O. The Morgan fingerprint density at radius 3 is 2.00 bits per heavy atom. The minimum atomic E-state index is -1.69. The van der Waals surface area contributed by atoms with Crippen LogP contribution in [0.1, 0.15) is 107 Å². The van der Waals surface area contributed by atoms with Crippen LogP contribution in [-0.4, -0.2) is 150 Å². The van der Waals surface area contributed by atoms with E-state index >= 15 is 0 Å². The number of aliphatic hydroxyl groups excluding tert-OH is 8. The van der Waals surface area contributed by atoms with Gasteiger partial charge in [-0.3, -0.25) is 0 Å². The molecule has 0 aromatic rings. The van der Waals surface area contributed by atoms with Gasteiger partial charge in [0, 0.05) is 0 Å². The van der Waals surface area contributed by atoms with Crippen LogP contribution in [0, 0.1) is 51.8 Å². The van der Waals surface area contributed by atoms with Crippen LogP contribution in [0.5, 0.6) is 0 Å². The second-order valence-corrected chi connectivity index (χ2v) is 21.1. The van der Waals surface area contributed by atoms with Crippen molar-refractivity contribution in [3.63, 3.8) is 0 Å². The second kappa shape index (κ2) is 14.8. The largest absolute Gasteiger partial charge is 0.394 e. The van der Waals surface area contributed by atoms with Gasteiger partial charge < -0.3 is 69.6 Å². The highest BCUT2D eigenvalue weighted by atomic mass is 16.8. The summed E-state index contributed by atoms with van der Waals surface area (Å²) < 4.78 is 31.9. The molecule has 7 fully saturated rings. The molecule has 3 saturated heterocycles. The third-order valence-corrected chi connectivity index (χ3v) is 16.8. The van der Waals surface area contributed by atoms with Crippen LogP contribution in [0.3, 0.4) is 0 Å². The van der Waals surface area contributed by atoms with Crippen LogP contribution >= 0.6 is 0 Å². The van der Waals surface area contributed by atoms with Crippen molar-refractivity contribution in [1.29, 1.82) is 0 Å². The minimum Gasteiger partial charge on any atom is -0.394 e. The lowest BCUT2D eigenvalue weighted by atomic mass is 9.38. The molecule has 0 spiro atoms. The van der Waals surface area contributed by atoms with E-state index in [9.17, 15) is 46.0 Å². The molecule has 4 saturated carbocycles. The first-order chi connectivity index (χ1) is 25.9. The smallest absolute Gasteiger partial charge is 0.187 e. The van der Waals surface area contributed by atoms with Crippen molar-refractivity contribution >= 4 is 0 Å². The molecule has 0 aromatic heterocycles. The maximum Gasteiger partial charge on any atom is 0.187 e. The first kappa shape index (κ1) is 43.5. The van der Waals surface area contributed by atoms with Crippen molar-refractivity contribution in [3.05, 3.63) is 0 Å². The molecular weight excluding hydrogens is 728 g/mol. The lowest BCUT2D eigenvalue weighted by molar-refractivity contribution is -0.379. The summed E-state index contributed by atoms with van der Waals surface area (Å²) in [5.74, 6) is -0.126. The summed E-state index contributed by atoms with van der Waals surface area (Å²) in [6.45, 7) is 17.4. The quantitative estimate of drug-likeness (QED) is 0.165. The Bertz CT molecular complexity index is 1410. The molecule has 0 aromatic carbocycles. The van der Waals surface area contributed by atoms with E-state index in [1.807, 2.05) is 0 Å². The molecule has 4 aliphatic carbocycles. The van der Waals surface area contributed by atoms with Crippen LogP contribution in [0.15, 0.2) is 0 Å². The van der Waals surface area contributed by atoms with Gasteiger partial charge in [-0.25, -0.2) is 0 Å². The Kier molecular flexibility index (Phi) is 11.5. The molecule has 14 heteroatoms. The zero-order valence-electron chi connectivity index (χ0n) is 34.8. The molecule has 56 heavy (non-hydrogen) atoms. The molecule has 0 amide bonds.